The van der Waals surface area contributed by atoms with Gasteiger partial charge in [-0.2, -0.15) is 0 Å². The van der Waals surface area contributed by atoms with Crippen molar-refractivity contribution >= 4 is 62.3 Å². The molecule has 2 amide bonds. The fourth-order valence-corrected chi connectivity index (χ4v) is 4.63. The Labute approximate surface area is 209 Å². The number of carbonyl (C=O) groups excluding carboxylic acids is 2. The largest absolute Gasteiger partial charge is 0.354 e. The zero-order valence-corrected chi connectivity index (χ0v) is 21.6. The molecule has 0 heterocycles. The number of benzene rings is 2. The van der Waals surface area contributed by atoms with E-state index in [2.05, 4.69) is 5.32 Å². The molecule has 0 fully saturated rings. The van der Waals surface area contributed by atoms with Crippen LogP contribution in [0.1, 0.15) is 25.8 Å². The molecule has 0 aliphatic heterocycles. The average Bonchev–Trinajstić information content (AvgIpc) is 2.73. The third-order valence-electron chi connectivity index (χ3n) is 4.83. The van der Waals surface area contributed by atoms with Crippen molar-refractivity contribution in [1.29, 1.82) is 0 Å². The summed E-state index contributed by atoms with van der Waals surface area (Å²) in [5.41, 5.74) is 0.767. The molecule has 2 rings (SSSR count). The quantitative estimate of drug-likeness (QED) is 0.491. The first-order chi connectivity index (χ1) is 15.4. The van der Waals surface area contributed by atoms with E-state index in [0.717, 1.165) is 17.0 Å². The molecule has 0 aliphatic rings. The molecule has 0 aliphatic carbocycles. The van der Waals surface area contributed by atoms with Crippen molar-refractivity contribution in [2.45, 2.75) is 32.9 Å². The molecule has 33 heavy (non-hydrogen) atoms. The van der Waals surface area contributed by atoms with Crippen LogP contribution >= 0.6 is 34.8 Å². The molecular formula is C22H26Cl3N3O4S. The maximum Gasteiger partial charge on any atom is 0.244 e. The summed E-state index contributed by atoms with van der Waals surface area (Å²) in [6, 6.07) is 10.3. The molecule has 0 saturated heterocycles. The maximum absolute atomic E-state index is 13.4. The van der Waals surface area contributed by atoms with Crippen LogP contribution in [0.25, 0.3) is 0 Å². The van der Waals surface area contributed by atoms with Gasteiger partial charge in [-0.05, 0) is 43.2 Å². The van der Waals surface area contributed by atoms with Crippen LogP contribution in [0, 0.1) is 0 Å². The van der Waals surface area contributed by atoms with Crippen LogP contribution in [0.4, 0.5) is 5.69 Å². The van der Waals surface area contributed by atoms with E-state index in [1.54, 1.807) is 31.2 Å². The van der Waals surface area contributed by atoms with Gasteiger partial charge >= 0.3 is 0 Å². The van der Waals surface area contributed by atoms with E-state index in [0.29, 0.717) is 17.1 Å². The molecule has 1 N–H and O–H groups in total. The Balaban J connectivity index is 2.42. The lowest BCUT2D eigenvalue weighted by molar-refractivity contribution is -0.139. The van der Waals surface area contributed by atoms with Gasteiger partial charge in [-0.15, -0.1) is 0 Å². The first-order valence-corrected chi connectivity index (χ1v) is 13.2. The van der Waals surface area contributed by atoms with E-state index in [1.165, 1.54) is 23.1 Å². The molecule has 180 valence electrons. The number of carbonyl (C=O) groups is 2. The maximum atomic E-state index is 13.4. The first kappa shape index (κ1) is 27.2. The van der Waals surface area contributed by atoms with E-state index < -0.39 is 28.5 Å². The smallest absolute Gasteiger partial charge is 0.244 e. The van der Waals surface area contributed by atoms with Crippen LogP contribution in [0.3, 0.4) is 0 Å². The lowest BCUT2D eigenvalue weighted by Gasteiger charge is -2.31. The summed E-state index contributed by atoms with van der Waals surface area (Å²) in [6.45, 7) is 3.42. The van der Waals surface area contributed by atoms with Gasteiger partial charge in [-0.3, -0.25) is 13.9 Å². The fourth-order valence-electron chi connectivity index (χ4n) is 3.09. The number of sulfonamides is 1. The fraction of sp³-hybridized carbons (Fsp3) is 0.364. The SMILES string of the molecule is CCCNC(=O)[C@H](C)N(Cc1ccccc1Cl)C(=O)CN(c1cc(Cl)cc(Cl)c1)S(C)(=O)=O. The Bertz CT molecular complexity index is 1090. The molecule has 2 aromatic carbocycles. The van der Waals surface area contributed by atoms with Crippen molar-refractivity contribution in [2.75, 3.05) is 23.7 Å². The molecule has 0 saturated carbocycles. The molecule has 0 radical (unpaired) electrons. The summed E-state index contributed by atoms with van der Waals surface area (Å²) in [6.07, 6.45) is 1.71. The Morgan fingerprint density at radius 2 is 1.67 bits per heavy atom. The van der Waals surface area contributed by atoms with E-state index in [1.807, 2.05) is 6.92 Å². The Morgan fingerprint density at radius 3 is 2.21 bits per heavy atom. The van der Waals surface area contributed by atoms with Gasteiger partial charge < -0.3 is 10.2 Å². The monoisotopic (exact) mass is 533 g/mol. The minimum Gasteiger partial charge on any atom is -0.354 e. The van der Waals surface area contributed by atoms with Crippen LogP contribution in [0.15, 0.2) is 42.5 Å². The molecule has 0 unspecified atom stereocenters. The number of hydrogen-bond acceptors (Lipinski definition) is 4. The van der Waals surface area contributed by atoms with Crippen LogP contribution in [0.5, 0.6) is 0 Å². The van der Waals surface area contributed by atoms with E-state index in [4.69, 9.17) is 34.8 Å². The van der Waals surface area contributed by atoms with Gasteiger partial charge in [0.15, 0.2) is 0 Å². The molecule has 11 heteroatoms. The topological polar surface area (TPSA) is 86.8 Å². The number of halogens is 3. The number of rotatable bonds is 10. The lowest BCUT2D eigenvalue weighted by Crippen LogP contribution is -2.51. The second kappa shape index (κ2) is 11.9. The standard InChI is InChI=1S/C22H26Cl3N3O4S/c1-4-9-26-22(30)15(2)27(13-16-7-5-6-8-20(16)25)21(29)14-28(33(3,31)32)19-11-17(23)10-18(24)12-19/h5-8,10-12,15H,4,9,13-14H2,1-3H3,(H,26,30)/t15-/m0/s1. The molecular weight excluding hydrogens is 509 g/mol. The highest BCUT2D eigenvalue weighted by atomic mass is 35.5. The Hall–Kier alpha value is -2.00. The normalized spacial score (nSPS) is 12.2. The predicted molar refractivity (Wildman–Crippen MR) is 133 cm³/mol. The summed E-state index contributed by atoms with van der Waals surface area (Å²) >= 11 is 18.4. The third kappa shape index (κ3) is 7.78. The van der Waals surface area contributed by atoms with Crippen molar-refractivity contribution in [1.82, 2.24) is 10.2 Å². The van der Waals surface area contributed by atoms with Crippen LogP contribution in [0.2, 0.25) is 15.1 Å². The van der Waals surface area contributed by atoms with Crippen molar-refractivity contribution in [3.05, 3.63) is 63.1 Å². The molecule has 0 spiro atoms. The van der Waals surface area contributed by atoms with E-state index in [9.17, 15) is 18.0 Å². The van der Waals surface area contributed by atoms with Crippen LogP contribution in [-0.4, -0.2) is 50.5 Å². The Morgan fingerprint density at radius 1 is 1.06 bits per heavy atom. The van der Waals surface area contributed by atoms with Crippen molar-refractivity contribution in [3.8, 4) is 0 Å². The van der Waals surface area contributed by atoms with Crippen molar-refractivity contribution in [3.63, 3.8) is 0 Å². The number of nitrogens with one attached hydrogen (secondary N) is 1. The highest BCUT2D eigenvalue weighted by Crippen LogP contribution is 2.27. The summed E-state index contributed by atoms with van der Waals surface area (Å²) in [7, 11) is -3.88. The van der Waals surface area contributed by atoms with Gasteiger partial charge in [0.2, 0.25) is 21.8 Å². The molecule has 1 atom stereocenters. The molecule has 0 bridgehead atoms. The van der Waals surface area contributed by atoms with Crippen molar-refractivity contribution < 1.29 is 18.0 Å². The highest BCUT2D eigenvalue weighted by molar-refractivity contribution is 7.92. The van der Waals surface area contributed by atoms with E-state index >= 15 is 0 Å². The molecule has 7 nitrogen and oxygen atoms in total. The predicted octanol–water partition coefficient (Wildman–Crippen LogP) is 4.36. The summed E-state index contributed by atoms with van der Waals surface area (Å²) < 4.78 is 26.0. The van der Waals surface area contributed by atoms with Crippen molar-refractivity contribution in [2.24, 2.45) is 0 Å². The number of anilines is 1. The van der Waals surface area contributed by atoms with Gasteiger partial charge in [-0.25, -0.2) is 8.42 Å². The average molecular weight is 535 g/mol. The van der Waals surface area contributed by atoms with Gasteiger partial charge in [0.1, 0.15) is 12.6 Å². The van der Waals surface area contributed by atoms with Gasteiger partial charge in [0, 0.05) is 28.2 Å². The summed E-state index contributed by atoms with van der Waals surface area (Å²) in [4.78, 5) is 27.4. The first-order valence-electron chi connectivity index (χ1n) is 10.2. The summed E-state index contributed by atoms with van der Waals surface area (Å²) in [5.74, 6) is -0.940. The minimum atomic E-state index is -3.88. The van der Waals surface area contributed by atoms with Crippen LogP contribution < -0.4 is 9.62 Å². The number of nitrogens with zero attached hydrogens (tertiary/aromatic N) is 2. The van der Waals surface area contributed by atoms with E-state index in [-0.39, 0.29) is 28.2 Å². The summed E-state index contributed by atoms with van der Waals surface area (Å²) in [5, 5.41) is 3.64. The highest BCUT2D eigenvalue weighted by Gasteiger charge is 2.30. The van der Waals surface area contributed by atoms with Gasteiger partial charge in [-0.1, -0.05) is 59.9 Å². The number of hydrogen-bond donors (Lipinski definition) is 1. The second-order valence-corrected chi connectivity index (χ2v) is 10.7. The Kier molecular flexibility index (Phi) is 9.84. The van der Waals surface area contributed by atoms with Crippen LogP contribution in [-0.2, 0) is 26.2 Å². The third-order valence-corrected chi connectivity index (χ3v) is 6.78. The number of amides is 2. The van der Waals surface area contributed by atoms with Gasteiger partial charge in [0.05, 0.1) is 11.9 Å². The minimum absolute atomic E-state index is 0.0210. The molecule has 0 aromatic heterocycles. The van der Waals surface area contributed by atoms with Gasteiger partial charge in [0.25, 0.3) is 0 Å². The lowest BCUT2D eigenvalue weighted by atomic mass is 10.1. The second-order valence-electron chi connectivity index (χ2n) is 7.48. The molecule has 2 aromatic rings. The zero-order valence-electron chi connectivity index (χ0n) is 18.5. The zero-order chi connectivity index (χ0) is 24.8.